The van der Waals surface area contributed by atoms with Crippen molar-refractivity contribution in [2.24, 2.45) is 0 Å². The fraction of sp³-hybridized carbons (Fsp3) is 0.316. The number of methoxy groups -OCH3 is 1. The number of nitrogens with one attached hydrogen (secondary N) is 1. The molecule has 1 amide bonds. The Morgan fingerprint density at radius 1 is 1.19 bits per heavy atom. The molecular weight excluding hydrogens is 368 g/mol. The Hall–Kier alpha value is -2.58. The standard InChI is InChI=1S/C19H22N2O5S/c1-14-13-21(11-12-26-14)19(22)15-7-9-16(10-8-15)27(23,24)20-17-5-3-4-6-18(17)25-2/h3-10,14,20H,11-13H2,1-2H3. The van der Waals surface area contributed by atoms with Gasteiger partial charge in [-0.1, -0.05) is 12.1 Å². The van der Waals surface area contributed by atoms with E-state index >= 15 is 0 Å². The second-order valence-electron chi connectivity index (χ2n) is 6.26. The predicted molar refractivity (Wildman–Crippen MR) is 102 cm³/mol. The average Bonchev–Trinajstić information content (AvgIpc) is 2.67. The highest BCUT2D eigenvalue weighted by Crippen LogP contribution is 2.26. The summed E-state index contributed by atoms with van der Waals surface area (Å²) in [4.78, 5) is 14.4. The largest absolute Gasteiger partial charge is 0.495 e. The van der Waals surface area contributed by atoms with Gasteiger partial charge in [-0.3, -0.25) is 9.52 Å². The van der Waals surface area contributed by atoms with Crippen molar-refractivity contribution in [3.63, 3.8) is 0 Å². The summed E-state index contributed by atoms with van der Waals surface area (Å²) in [7, 11) is -2.32. The van der Waals surface area contributed by atoms with Crippen LogP contribution in [0, 0.1) is 0 Å². The van der Waals surface area contributed by atoms with Gasteiger partial charge in [0.25, 0.3) is 15.9 Å². The molecule has 7 nitrogen and oxygen atoms in total. The molecule has 1 aliphatic rings. The van der Waals surface area contributed by atoms with Gasteiger partial charge in [0.1, 0.15) is 5.75 Å². The summed E-state index contributed by atoms with van der Waals surface area (Å²) in [6.45, 7) is 3.47. The van der Waals surface area contributed by atoms with Gasteiger partial charge in [-0.05, 0) is 43.3 Å². The highest BCUT2D eigenvalue weighted by Gasteiger charge is 2.23. The maximum Gasteiger partial charge on any atom is 0.262 e. The zero-order valence-electron chi connectivity index (χ0n) is 15.2. The number of nitrogens with zero attached hydrogens (tertiary/aromatic N) is 1. The van der Waals surface area contributed by atoms with E-state index in [0.717, 1.165) is 0 Å². The monoisotopic (exact) mass is 390 g/mol. The summed E-state index contributed by atoms with van der Waals surface area (Å²) in [5.74, 6) is 0.293. The molecule has 2 aromatic rings. The number of morpholine rings is 1. The number of hydrogen-bond donors (Lipinski definition) is 1. The Balaban J connectivity index is 1.77. The average molecular weight is 390 g/mol. The van der Waals surface area contributed by atoms with E-state index in [1.165, 1.54) is 31.4 Å². The van der Waals surface area contributed by atoms with Crippen LogP contribution in [0.3, 0.4) is 0 Å². The Bertz CT molecular complexity index is 912. The van der Waals surface area contributed by atoms with Crippen LogP contribution in [0.25, 0.3) is 0 Å². The van der Waals surface area contributed by atoms with Crippen LogP contribution in [-0.2, 0) is 14.8 Å². The molecule has 27 heavy (non-hydrogen) atoms. The van der Waals surface area contributed by atoms with Crippen molar-refractivity contribution in [1.29, 1.82) is 0 Å². The van der Waals surface area contributed by atoms with Crippen LogP contribution in [0.15, 0.2) is 53.4 Å². The number of carbonyl (C=O) groups is 1. The van der Waals surface area contributed by atoms with Gasteiger partial charge >= 0.3 is 0 Å². The first kappa shape index (κ1) is 19.2. The van der Waals surface area contributed by atoms with Crippen LogP contribution >= 0.6 is 0 Å². The summed E-state index contributed by atoms with van der Waals surface area (Å²) in [5, 5.41) is 0. The lowest BCUT2D eigenvalue weighted by Gasteiger charge is -2.31. The highest BCUT2D eigenvalue weighted by atomic mass is 32.2. The summed E-state index contributed by atoms with van der Waals surface area (Å²) >= 11 is 0. The zero-order chi connectivity index (χ0) is 19.4. The fourth-order valence-electron chi connectivity index (χ4n) is 2.89. The lowest BCUT2D eigenvalue weighted by atomic mass is 10.2. The lowest BCUT2D eigenvalue weighted by Crippen LogP contribution is -2.44. The van der Waals surface area contributed by atoms with Crippen LogP contribution in [0.5, 0.6) is 5.75 Å². The van der Waals surface area contributed by atoms with Crippen molar-refractivity contribution >= 4 is 21.6 Å². The number of rotatable bonds is 5. The van der Waals surface area contributed by atoms with Crippen molar-refractivity contribution in [2.75, 3.05) is 31.5 Å². The van der Waals surface area contributed by atoms with E-state index in [1.807, 2.05) is 6.92 Å². The first-order valence-corrected chi connectivity index (χ1v) is 10.1. The van der Waals surface area contributed by atoms with E-state index in [9.17, 15) is 13.2 Å². The molecule has 1 fully saturated rings. The van der Waals surface area contributed by atoms with E-state index < -0.39 is 10.0 Å². The third-order valence-electron chi connectivity index (χ3n) is 4.29. The first-order valence-electron chi connectivity index (χ1n) is 8.57. The second kappa shape index (κ2) is 7.98. The summed E-state index contributed by atoms with van der Waals surface area (Å²) in [5.41, 5.74) is 0.794. The Morgan fingerprint density at radius 3 is 2.56 bits per heavy atom. The zero-order valence-corrected chi connectivity index (χ0v) is 16.0. The third-order valence-corrected chi connectivity index (χ3v) is 5.67. The molecule has 0 spiro atoms. The van der Waals surface area contributed by atoms with Gasteiger partial charge < -0.3 is 14.4 Å². The van der Waals surface area contributed by atoms with Gasteiger partial charge in [0.15, 0.2) is 0 Å². The molecule has 3 rings (SSSR count). The number of benzene rings is 2. The predicted octanol–water partition coefficient (Wildman–Crippen LogP) is 2.36. The molecule has 0 saturated carbocycles. The molecule has 0 bridgehead atoms. The molecule has 0 radical (unpaired) electrons. The minimum Gasteiger partial charge on any atom is -0.495 e. The molecular formula is C19H22N2O5S. The number of carbonyl (C=O) groups excluding carboxylic acids is 1. The van der Waals surface area contributed by atoms with Gasteiger partial charge in [-0.25, -0.2) is 8.42 Å². The van der Waals surface area contributed by atoms with E-state index in [4.69, 9.17) is 9.47 Å². The summed E-state index contributed by atoms with van der Waals surface area (Å²) in [6.07, 6.45) is -0.00703. The molecule has 0 aliphatic carbocycles. The Kier molecular flexibility index (Phi) is 5.67. The first-order chi connectivity index (χ1) is 12.9. The van der Waals surface area contributed by atoms with Gasteiger partial charge in [0, 0.05) is 18.7 Å². The van der Waals surface area contributed by atoms with Gasteiger partial charge in [-0.2, -0.15) is 0 Å². The Labute approximate surface area is 158 Å². The van der Waals surface area contributed by atoms with Crippen molar-refractivity contribution in [3.8, 4) is 5.75 Å². The lowest BCUT2D eigenvalue weighted by molar-refractivity contribution is -0.0124. The van der Waals surface area contributed by atoms with Crippen molar-refractivity contribution in [1.82, 2.24) is 4.90 Å². The number of ether oxygens (including phenoxy) is 2. The number of para-hydroxylation sites is 2. The van der Waals surface area contributed by atoms with Gasteiger partial charge in [0.2, 0.25) is 0 Å². The SMILES string of the molecule is COc1ccccc1NS(=O)(=O)c1ccc(C(=O)N2CCOC(C)C2)cc1. The highest BCUT2D eigenvalue weighted by molar-refractivity contribution is 7.92. The molecule has 1 saturated heterocycles. The van der Waals surface area contributed by atoms with Crippen LogP contribution in [-0.4, -0.2) is 52.1 Å². The maximum atomic E-state index is 12.6. The molecule has 1 atom stereocenters. The van der Waals surface area contributed by atoms with E-state index in [0.29, 0.717) is 36.7 Å². The number of sulfonamides is 1. The third kappa shape index (κ3) is 4.40. The van der Waals surface area contributed by atoms with E-state index in [-0.39, 0.29) is 16.9 Å². The second-order valence-corrected chi connectivity index (χ2v) is 7.95. The summed E-state index contributed by atoms with van der Waals surface area (Å²) < 4.78 is 38.3. The molecule has 8 heteroatoms. The molecule has 1 unspecified atom stereocenters. The summed E-state index contributed by atoms with van der Waals surface area (Å²) in [6, 6.07) is 12.7. The van der Waals surface area contributed by atoms with Crippen molar-refractivity contribution in [2.45, 2.75) is 17.9 Å². The van der Waals surface area contributed by atoms with Gasteiger partial charge in [-0.15, -0.1) is 0 Å². The Morgan fingerprint density at radius 2 is 1.89 bits per heavy atom. The molecule has 1 N–H and O–H groups in total. The molecule has 1 aliphatic heterocycles. The normalized spacial score (nSPS) is 17.4. The minimum absolute atomic E-state index is 0.00703. The van der Waals surface area contributed by atoms with Gasteiger partial charge in [0.05, 0.1) is 30.4 Å². The number of anilines is 1. The topological polar surface area (TPSA) is 84.9 Å². The quantitative estimate of drug-likeness (QED) is 0.847. The van der Waals surface area contributed by atoms with E-state index in [1.54, 1.807) is 29.2 Å². The maximum absolute atomic E-state index is 12.6. The fourth-order valence-corrected chi connectivity index (χ4v) is 3.97. The molecule has 2 aromatic carbocycles. The van der Waals surface area contributed by atoms with Crippen LogP contribution in [0.1, 0.15) is 17.3 Å². The van der Waals surface area contributed by atoms with Crippen LogP contribution < -0.4 is 9.46 Å². The van der Waals surface area contributed by atoms with Crippen LogP contribution in [0.4, 0.5) is 5.69 Å². The van der Waals surface area contributed by atoms with Crippen LogP contribution in [0.2, 0.25) is 0 Å². The van der Waals surface area contributed by atoms with Crippen molar-refractivity contribution < 1.29 is 22.7 Å². The van der Waals surface area contributed by atoms with Crippen molar-refractivity contribution in [3.05, 3.63) is 54.1 Å². The molecule has 144 valence electrons. The number of hydrogen-bond acceptors (Lipinski definition) is 5. The molecule has 1 heterocycles. The smallest absolute Gasteiger partial charge is 0.262 e. The molecule has 0 aromatic heterocycles. The van der Waals surface area contributed by atoms with E-state index in [2.05, 4.69) is 4.72 Å². The minimum atomic E-state index is -3.80. The number of amides is 1.